The van der Waals surface area contributed by atoms with Crippen LogP contribution in [-0.4, -0.2) is 14.2 Å². The maximum Gasteiger partial charge on any atom is 0.129 e. The zero-order valence-electron chi connectivity index (χ0n) is 11.7. The van der Waals surface area contributed by atoms with Crippen LogP contribution in [-0.2, 0) is 0 Å². The van der Waals surface area contributed by atoms with Crippen molar-refractivity contribution < 1.29 is 9.13 Å². The van der Waals surface area contributed by atoms with Gasteiger partial charge >= 0.3 is 0 Å². The Bertz CT molecular complexity index is 595. The van der Waals surface area contributed by atoms with Crippen LogP contribution in [0.3, 0.4) is 0 Å². The number of methoxy groups -OCH3 is 1. The first kappa shape index (κ1) is 15.0. The molecule has 0 aliphatic rings. The average molecular weight is 338 g/mol. The Balaban J connectivity index is 2.50. The third kappa shape index (κ3) is 2.86. The summed E-state index contributed by atoms with van der Waals surface area (Å²) in [5.41, 5.74) is 2.63. The summed E-state index contributed by atoms with van der Waals surface area (Å²) < 4.78 is 20.1. The van der Waals surface area contributed by atoms with Crippen LogP contribution in [0.15, 0.2) is 40.9 Å². The predicted molar refractivity (Wildman–Crippen MR) is 82.7 cm³/mol. The molecule has 1 unspecified atom stereocenters. The Morgan fingerprint density at radius 1 is 1.25 bits per heavy atom. The molecule has 1 N–H and O–H groups in total. The molecule has 0 saturated carbocycles. The Morgan fingerprint density at radius 3 is 2.55 bits per heavy atom. The van der Waals surface area contributed by atoms with E-state index in [0.717, 1.165) is 21.3 Å². The molecule has 0 spiro atoms. The van der Waals surface area contributed by atoms with Crippen molar-refractivity contribution in [2.75, 3.05) is 14.2 Å². The Hall–Kier alpha value is -1.39. The number of hydrogen-bond acceptors (Lipinski definition) is 2. The summed E-state index contributed by atoms with van der Waals surface area (Å²) in [6.07, 6.45) is 0. The molecular weight excluding hydrogens is 321 g/mol. The fourth-order valence-corrected chi connectivity index (χ4v) is 2.92. The monoisotopic (exact) mass is 337 g/mol. The molecule has 0 aliphatic heterocycles. The van der Waals surface area contributed by atoms with E-state index in [9.17, 15) is 4.39 Å². The van der Waals surface area contributed by atoms with Crippen LogP contribution < -0.4 is 10.1 Å². The van der Waals surface area contributed by atoms with Gasteiger partial charge in [-0.15, -0.1) is 0 Å². The van der Waals surface area contributed by atoms with Gasteiger partial charge in [-0.2, -0.15) is 0 Å². The van der Waals surface area contributed by atoms with Gasteiger partial charge in [-0.1, -0.05) is 34.1 Å². The number of halogens is 2. The molecule has 20 heavy (non-hydrogen) atoms. The highest BCUT2D eigenvalue weighted by atomic mass is 79.9. The second kappa shape index (κ2) is 6.37. The van der Waals surface area contributed by atoms with Crippen molar-refractivity contribution in [3.8, 4) is 5.75 Å². The minimum atomic E-state index is -0.229. The lowest BCUT2D eigenvalue weighted by molar-refractivity contribution is 0.411. The molecule has 1 atom stereocenters. The zero-order valence-corrected chi connectivity index (χ0v) is 13.3. The van der Waals surface area contributed by atoms with Crippen molar-refractivity contribution in [1.29, 1.82) is 0 Å². The zero-order chi connectivity index (χ0) is 14.7. The molecule has 4 heteroatoms. The molecule has 0 amide bonds. The topological polar surface area (TPSA) is 21.3 Å². The smallest absolute Gasteiger partial charge is 0.129 e. The molecule has 2 aromatic carbocycles. The molecule has 2 rings (SSSR count). The van der Waals surface area contributed by atoms with Crippen LogP contribution in [0.1, 0.15) is 22.7 Å². The standard InChI is InChI=1S/C16H17BrFNO/c1-10-9-11(7-8-14(10)20-3)16(19-2)15-12(17)5-4-6-13(15)18/h4-9,16,19H,1-3H3. The molecule has 0 radical (unpaired) electrons. The summed E-state index contributed by atoms with van der Waals surface area (Å²) in [7, 11) is 3.47. The number of benzene rings is 2. The number of ether oxygens (including phenoxy) is 1. The van der Waals surface area contributed by atoms with E-state index < -0.39 is 0 Å². The number of aryl methyl sites for hydroxylation is 1. The fourth-order valence-electron chi connectivity index (χ4n) is 2.35. The highest BCUT2D eigenvalue weighted by Crippen LogP contribution is 2.32. The van der Waals surface area contributed by atoms with Gasteiger partial charge < -0.3 is 10.1 Å². The number of nitrogens with one attached hydrogen (secondary N) is 1. The quantitative estimate of drug-likeness (QED) is 0.902. The predicted octanol–water partition coefficient (Wildman–Crippen LogP) is 4.21. The average Bonchev–Trinajstić information content (AvgIpc) is 2.43. The summed E-state index contributed by atoms with van der Waals surface area (Å²) in [5, 5.41) is 3.17. The van der Waals surface area contributed by atoms with Crippen LogP contribution >= 0.6 is 15.9 Å². The van der Waals surface area contributed by atoms with Crippen molar-refractivity contribution >= 4 is 15.9 Å². The molecule has 2 nitrogen and oxygen atoms in total. The molecule has 0 bridgehead atoms. The van der Waals surface area contributed by atoms with Crippen molar-refractivity contribution in [3.63, 3.8) is 0 Å². The highest BCUT2D eigenvalue weighted by molar-refractivity contribution is 9.10. The van der Waals surface area contributed by atoms with E-state index in [4.69, 9.17) is 4.74 Å². The molecule has 2 aromatic rings. The van der Waals surface area contributed by atoms with Crippen molar-refractivity contribution in [1.82, 2.24) is 5.32 Å². The summed E-state index contributed by atoms with van der Waals surface area (Å²) in [6.45, 7) is 1.98. The molecule has 0 saturated heterocycles. The lowest BCUT2D eigenvalue weighted by Gasteiger charge is -2.20. The first-order chi connectivity index (χ1) is 9.58. The normalized spacial score (nSPS) is 12.2. The van der Waals surface area contributed by atoms with Gasteiger partial charge in [0.1, 0.15) is 11.6 Å². The minimum Gasteiger partial charge on any atom is -0.496 e. The summed E-state index contributed by atoms with van der Waals surface area (Å²) in [6, 6.07) is 10.7. The van der Waals surface area contributed by atoms with Gasteiger partial charge in [0, 0.05) is 10.0 Å². The molecule has 106 valence electrons. The molecule has 0 aliphatic carbocycles. The van der Waals surface area contributed by atoms with Crippen molar-refractivity contribution in [2.45, 2.75) is 13.0 Å². The maximum atomic E-state index is 14.1. The van der Waals surface area contributed by atoms with Gasteiger partial charge in [-0.05, 0) is 43.3 Å². The van der Waals surface area contributed by atoms with E-state index in [-0.39, 0.29) is 11.9 Å². The molecular formula is C16H17BrFNO. The second-order valence-corrected chi connectivity index (χ2v) is 5.44. The van der Waals surface area contributed by atoms with Crippen LogP contribution in [0.5, 0.6) is 5.75 Å². The van der Waals surface area contributed by atoms with Crippen LogP contribution in [0, 0.1) is 12.7 Å². The van der Waals surface area contributed by atoms with Gasteiger partial charge in [-0.25, -0.2) is 4.39 Å². The molecule has 0 fully saturated rings. The first-order valence-corrected chi connectivity index (χ1v) is 7.13. The van der Waals surface area contributed by atoms with Gasteiger partial charge in [0.2, 0.25) is 0 Å². The van der Waals surface area contributed by atoms with Gasteiger partial charge in [-0.3, -0.25) is 0 Å². The Labute approximate surface area is 127 Å². The van der Waals surface area contributed by atoms with Crippen LogP contribution in [0.2, 0.25) is 0 Å². The third-order valence-corrected chi connectivity index (χ3v) is 4.02. The van der Waals surface area contributed by atoms with Gasteiger partial charge in [0.05, 0.1) is 13.2 Å². The fraction of sp³-hybridized carbons (Fsp3) is 0.250. The third-order valence-electron chi connectivity index (χ3n) is 3.33. The van der Waals surface area contributed by atoms with Crippen molar-refractivity contribution in [3.05, 3.63) is 63.4 Å². The lowest BCUT2D eigenvalue weighted by atomic mass is 9.96. The second-order valence-electron chi connectivity index (χ2n) is 4.59. The van der Waals surface area contributed by atoms with E-state index in [1.54, 1.807) is 13.2 Å². The van der Waals surface area contributed by atoms with Crippen LogP contribution in [0.25, 0.3) is 0 Å². The van der Waals surface area contributed by atoms with E-state index in [1.165, 1.54) is 6.07 Å². The summed E-state index contributed by atoms with van der Waals surface area (Å²) >= 11 is 3.43. The molecule has 0 heterocycles. The minimum absolute atomic E-state index is 0.213. The van der Waals surface area contributed by atoms with E-state index in [2.05, 4.69) is 21.2 Å². The summed E-state index contributed by atoms with van der Waals surface area (Å²) in [5.74, 6) is 0.600. The SMILES string of the molecule is CNC(c1ccc(OC)c(C)c1)c1c(F)cccc1Br. The van der Waals surface area contributed by atoms with E-state index in [0.29, 0.717) is 5.56 Å². The Morgan fingerprint density at radius 2 is 2.00 bits per heavy atom. The largest absolute Gasteiger partial charge is 0.496 e. The molecule has 0 aromatic heterocycles. The van der Waals surface area contributed by atoms with Gasteiger partial charge in [0.25, 0.3) is 0 Å². The van der Waals surface area contributed by atoms with Gasteiger partial charge in [0.15, 0.2) is 0 Å². The lowest BCUT2D eigenvalue weighted by Crippen LogP contribution is -2.19. The number of hydrogen-bond donors (Lipinski definition) is 1. The summed E-state index contributed by atoms with van der Waals surface area (Å²) in [4.78, 5) is 0. The highest BCUT2D eigenvalue weighted by Gasteiger charge is 2.19. The van der Waals surface area contributed by atoms with E-state index >= 15 is 0 Å². The first-order valence-electron chi connectivity index (χ1n) is 6.34. The number of rotatable bonds is 4. The van der Waals surface area contributed by atoms with Crippen LogP contribution in [0.4, 0.5) is 4.39 Å². The Kier molecular flexibility index (Phi) is 4.78. The van der Waals surface area contributed by atoms with E-state index in [1.807, 2.05) is 38.2 Å². The van der Waals surface area contributed by atoms with Crippen molar-refractivity contribution in [2.24, 2.45) is 0 Å². The maximum absolute atomic E-state index is 14.1.